The van der Waals surface area contributed by atoms with Gasteiger partial charge in [0.25, 0.3) is 0 Å². The number of carbonyl (C=O) groups is 1. The van der Waals surface area contributed by atoms with Crippen LogP contribution in [0.1, 0.15) is 32.6 Å². The Balaban J connectivity index is 2.05. The second-order valence-corrected chi connectivity index (χ2v) is 6.06. The summed E-state index contributed by atoms with van der Waals surface area (Å²) in [5.41, 5.74) is 0.731. The highest BCUT2D eigenvalue weighted by molar-refractivity contribution is 6.29. The van der Waals surface area contributed by atoms with E-state index in [1.807, 2.05) is 24.3 Å². The molecular formula is C18H26ClNO4. The van der Waals surface area contributed by atoms with E-state index >= 15 is 0 Å². The number of nitrogens with zero attached hydrogens (tertiary/aromatic N) is 1. The molecule has 134 valence electrons. The minimum absolute atomic E-state index is 0.0849. The van der Waals surface area contributed by atoms with Gasteiger partial charge in [-0.3, -0.25) is 4.79 Å². The number of rotatable bonds is 10. The first kappa shape index (κ1) is 19.0. The van der Waals surface area contributed by atoms with Crippen LogP contribution in [0.2, 0.25) is 0 Å². The molecule has 1 heterocycles. The molecule has 1 aliphatic heterocycles. The van der Waals surface area contributed by atoms with E-state index in [4.69, 9.17) is 25.8 Å². The van der Waals surface area contributed by atoms with Crippen molar-refractivity contribution in [2.24, 2.45) is 0 Å². The first-order valence-corrected chi connectivity index (χ1v) is 9.07. The molecule has 1 aromatic rings. The number of halogens is 1. The highest BCUT2D eigenvalue weighted by Crippen LogP contribution is 2.29. The van der Waals surface area contributed by atoms with E-state index < -0.39 is 0 Å². The third-order valence-electron chi connectivity index (χ3n) is 3.90. The molecule has 1 amide bonds. The Hall–Kier alpha value is -1.30. The lowest BCUT2D eigenvalue weighted by molar-refractivity contribution is -0.116. The average Bonchev–Trinajstić information content (AvgIpc) is 3.12. The first-order valence-electron chi connectivity index (χ1n) is 8.53. The fraction of sp³-hybridized carbons (Fsp3) is 0.611. The van der Waals surface area contributed by atoms with E-state index in [-0.39, 0.29) is 24.7 Å². The predicted molar refractivity (Wildman–Crippen MR) is 94.8 cm³/mol. The number of alkyl halides is 1. The van der Waals surface area contributed by atoms with Crippen molar-refractivity contribution in [1.82, 2.24) is 0 Å². The van der Waals surface area contributed by atoms with Crippen LogP contribution in [0.15, 0.2) is 24.3 Å². The molecule has 2 rings (SSSR count). The molecule has 0 spiro atoms. The Labute approximate surface area is 148 Å². The van der Waals surface area contributed by atoms with E-state index in [1.165, 1.54) is 12.8 Å². The SMILES string of the molecule is CCCCCCOc1ccccc1N(CC1COCO1)C(=O)CCl. The summed E-state index contributed by atoms with van der Waals surface area (Å²) in [6, 6.07) is 7.56. The van der Waals surface area contributed by atoms with E-state index in [0.29, 0.717) is 25.5 Å². The monoisotopic (exact) mass is 355 g/mol. The Morgan fingerprint density at radius 1 is 1.33 bits per heavy atom. The molecule has 0 N–H and O–H groups in total. The molecular weight excluding hydrogens is 330 g/mol. The minimum atomic E-state index is -0.172. The maximum Gasteiger partial charge on any atom is 0.242 e. The first-order chi connectivity index (χ1) is 11.8. The third-order valence-corrected chi connectivity index (χ3v) is 4.13. The number of carbonyl (C=O) groups excluding carboxylic acids is 1. The Morgan fingerprint density at radius 2 is 2.17 bits per heavy atom. The lowest BCUT2D eigenvalue weighted by Crippen LogP contribution is -2.39. The van der Waals surface area contributed by atoms with E-state index in [1.54, 1.807) is 4.90 Å². The summed E-state index contributed by atoms with van der Waals surface area (Å²) < 4.78 is 16.6. The van der Waals surface area contributed by atoms with Crippen LogP contribution >= 0.6 is 11.6 Å². The second-order valence-electron chi connectivity index (χ2n) is 5.79. The summed E-state index contributed by atoms with van der Waals surface area (Å²) in [5, 5.41) is 0. The number of unbranched alkanes of at least 4 members (excludes halogenated alkanes) is 3. The van der Waals surface area contributed by atoms with Crippen molar-refractivity contribution in [1.29, 1.82) is 0 Å². The normalized spacial score (nSPS) is 17.0. The zero-order valence-electron chi connectivity index (χ0n) is 14.2. The molecule has 0 radical (unpaired) electrons. The van der Waals surface area contributed by atoms with Gasteiger partial charge in [-0.2, -0.15) is 0 Å². The smallest absolute Gasteiger partial charge is 0.242 e. The molecule has 1 unspecified atom stereocenters. The number of benzene rings is 1. The Kier molecular flexibility index (Phi) is 8.36. The number of ether oxygens (including phenoxy) is 3. The molecule has 1 atom stereocenters. The van der Waals surface area contributed by atoms with Crippen molar-refractivity contribution in [2.75, 3.05) is 37.3 Å². The van der Waals surface area contributed by atoms with Gasteiger partial charge in [-0.15, -0.1) is 11.6 Å². The lowest BCUT2D eigenvalue weighted by atomic mass is 10.2. The molecule has 5 nitrogen and oxygen atoms in total. The molecule has 0 saturated carbocycles. The molecule has 24 heavy (non-hydrogen) atoms. The molecule has 0 aliphatic carbocycles. The fourth-order valence-corrected chi connectivity index (χ4v) is 2.75. The predicted octanol–water partition coefficient (Wildman–Crippen LogP) is 3.59. The van der Waals surface area contributed by atoms with Crippen LogP contribution in [0.4, 0.5) is 5.69 Å². The topological polar surface area (TPSA) is 48.0 Å². The summed E-state index contributed by atoms with van der Waals surface area (Å²) in [7, 11) is 0. The van der Waals surface area contributed by atoms with Gasteiger partial charge in [0.15, 0.2) is 0 Å². The van der Waals surface area contributed by atoms with E-state index in [0.717, 1.165) is 18.5 Å². The standard InChI is InChI=1S/C18H26ClNO4/c1-2-3-4-7-10-23-17-9-6-5-8-16(17)20(18(21)11-19)12-15-13-22-14-24-15/h5-6,8-9,15H,2-4,7,10-14H2,1H3. The van der Waals surface area contributed by atoms with Crippen molar-refractivity contribution in [3.63, 3.8) is 0 Å². The minimum Gasteiger partial charge on any atom is -0.491 e. The number of anilines is 1. The molecule has 1 aromatic carbocycles. The van der Waals surface area contributed by atoms with Gasteiger partial charge < -0.3 is 19.1 Å². The lowest BCUT2D eigenvalue weighted by Gasteiger charge is -2.26. The number of hydrogen-bond acceptors (Lipinski definition) is 4. The maximum atomic E-state index is 12.3. The van der Waals surface area contributed by atoms with Gasteiger partial charge in [-0.1, -0.05) is 38.3 Å². The average molecular weight is 356 g/mol. The fourth-order valence-electron chi connectivity index (χ4n) is 2.60. The van der Waals surface area contributed by atoms with E-state index in [2.05, 4.69) is 6.92 Å². The Bertz CT molecular complexity index is 506. The van der Waals surface area contributed by atoms with Crippen LogP contribution in [0.5, 0.6) is 5.75 Å². The van der Waals surface area contributed by atoms with Crippen molar-refractivity contribution in [2.45, 2.75) is 38.7 Å². The Morgan fingerprint density at radius 3 is 2.88 bits per heavy atom. The highest BCUT2D eigenvalue weighted by atomic mass is 35.5. The molecule has 1 saturated heterocycles. The summed E-state index contributed by atoms with van der Waals surface area (Å²) in [6.45, 7) is 3.97. The van der Waals surface area contributed by atoms with E-state index in [9.17, 15) is 4.79 Å². The van der Waals surface area contributed by atoms with Crippen molar-refractivity contribution in [3.05, 3.63) is 24.3 Å². The van der Waals surface area contributed by atoms with Gasteiger partial charge in [-0.05, 0) is 18.6 Å². The molecule has 6 heteroatoms. The van der Waals surface area contributed by atoms with Crippen LogP contribution in [0.3, 0.4) is 0 Å². The summed E-state index contributed by atoms with van der Waals surface area (Å²) in [6.07, 6.45) is 4.41. The number of para-hydroxylation sites is 2. The largest absolute Gasteiger partial charge is 0.491 e. The van der Waals surface area contributed by atoms with Gasteiger partial charge in [0, 0.05) is 0 Å². The molecule has 0 bridgehead atoms. The third kappa shape index (κ3) is 5.65. The van der Waals surface area contributed by atoms with Crippen LogP contribution in [-0.2, 0) is 14.3 Å². The second kappa shape index (κ2) is 10.5. The van der Waals surface area contributed by atoms with Crippen LogP contribution < -0.4 is 9.64 Å². The van der Waals surface area contributed by atoms with Crippen molar-refractivity contribution < 1.29 is 19.0 Å². The van der Waals surface area contributed by atoms with Gasteiger partial charge in [0.2, 0.25) is 5.91 Å². The summed E-state index contributed by atoms with van der Waals surface area (Å²) in [5.74, 6) is 0.443. The number of hydrogen-bond donors (Lipinski definition) is 0. The zero-order chi connectivity index (χ0) is 17.2. The molecule has 1 fully saturated rings. The highest BCUT2D eigenvalue weighted by Gasteiger charge is 2.25. The van der Waals surface area contributed by atoms with Crippen LogP contribution in [-0.4, -0.2) is 44.4 Å². The van der Waals surface area contributed by atoms with Gasteiger partial charge in [-0.25, -0.2) is 0 Å². The summed E-state index contributed by atoms with van der Waals surface area (Å²) in [4.78, 5) is 13.9. The quantitative estimate of drug-likeness (QED) is 0.475. The van der Waals surface area contributed by atoms with Crippen molar-refractivity contribution in [3.8, 4) is 5.75 Å². The van der Waals surface area contributed by atoms with Gasteiger partial charge in [0.1, 0.15) is 24.5 Å². The van der Waals surface area contributed by atoms with Crippen LogP contribution in [0.25, 0.3) is 0 Å². The summed E-state index contributed by atoms with van der Waals surface area (Å²) >= 11 is 5.79. The van der Waals surface area contributed by atoms with Crippen LogP contribution in [0, 0.1) is 0 Å². The van der Waals surface area contributed by atoms with Gasteiger partial charge >= 0.3 is 0 Å². The maximum absolute atomic E-state index is 12.3. The number of amides is 1. The molecule has 1 aliphatic rings. The van der Waals surface area contributed by atoms with Gasteiger partial charge in [0.05, 0.1) is 25.4 Å². The molecule has 0 aromatic heterocycles. The zero-order valence-corrected chi connectivity index (χ0v) is 15.0. The van der Waals surface area contributed by atoms with Crippen molar-refractivity contribution >= 4 is 23.2 Å².